The van der Waals surface area contributed by atoms with Crippen molar-refractivity contribution in [2.24, 2.45) is 5.84 Å². The first-order chi connectivity index (χ1) is 14.5. The van der Waals surface area contributed by atoms with Crippen molar-refractivity contribution in [1.82, 2.24) is 5.43 Å². The Morgan fingerprint density at radius 2 is 1.43 bits per heavy atom. The Hall–Kier alpha value is -3.08. The van der Waals surface area contributed by atoms with Crippen LogP contribution in [0.2, 0.25) is 0 Å². The molecule has 3 aromatic rings. The molecule has 7 heteroatoms. The van der Waals surface area contributed by atoms with Crippen molar-refractivity contribution in [2.45, 2.75) is 12.1 Å². The van der Waals surface area contributed by atoms with Crippen LogP contribution < -0.4 is 31.4 Å². The van der Waals surface area contributed by atoms with Crippen LogP contribution in [0.25, 0.3) is 0 Å². The molecule has 0 spiro atoms. The van der Waals surface area contributed by atoms with E-state index in [4.69, 9.17) is 15.3 Å². The van der Waals surface area contributed by atoms with Gasteiger partial charge in [0.15, 0.2) is 18.6 Å². The summed E-state index contributed by atoms with van der Waals surface area (Å²) in [5.41, 5.74) is 2.10. The van der Waals surface area contributed by atoms with Crippen molar-refractivity contribution in [3.8, 4) is 11.5 Å². The fraction of sp³-hybridized carbons (Fsp3) is 0.174. The van der Waals surface area contributed by atoms with Gasteiger partial charge in [-0.15, -0.1) is 0 Å². The van der Waals surface area contributed by atoms with Gasteiger partial charge in [0.05, 0.1) is 14.2 Å². The van der Waals surface area contributed by atoms with Gasteiger partial charge in [-0.05, 0) is 24.1 Å². The van der Waals surface area contributed by atoms with Gasteiger partial charge in [0.25, 0.3) is 0 Å². The third kappa shape index (κ3) is 4.25. The maximum atomic E-state index is 14.6. The van der Waals surface area contributed by atoms with Crippen LogP contribution in [-0.2, 0) is 15.8 Å². The van der Waals surface area contributed by atoms with E-state index in [-0.39, 0.29) is 6.42 Å². The number of benzene rings is 3. The van der Waals surface area contributed by atoms with Gasteiger partial charge in [0, 0.05) is 10.6 Å². The fourth-order valence-corrected chi connectivity index (χ4v) is 6.64. The lowest BCUT2D eigenvalue weighted by atomic mass is 10.1. The Morgan fingerprint density at radius 3 is 1.90 bits per heavy atom. The van der Waals surface area contributed by atoms with Crippen LogP contribution in [0.15, 0.2) is 78.9 Å². The van der Waals surface area contributed by atoms with Gasteiger partial charge in [-0.3, -0.25) is 10.2 Å². The number of hydrazine groups is 1. The molecule has 156 valence electrons. The Kier molecular flexibility index (Phi) is 6.93. The van der Waals surface area contributed by atoms with Crippen molar-refractivity contribution in [1.29, 1.82) is 0 Å². The number of carbonyl (C=O) groups is 1. The average Bonchev–Trinajstić information content (AvgIpc) is 2.82. The zero-order valence-corrected chi connectivity index (χ0v) is 17.8. The lowest BCUT2D eigenvalue weighted by Crippen LogP contribution is -2.43. The summed E-state index contributed by atoms with van der Waals surface area (Å²) in [4.78, 5) is 12.9. The Labute approximate surface area is 176 Å². The van der Waals surface area contributed by atoms with E-state index in [9.17, 15) is 9.36 Å². The van der Waals surface area contributed by atoms with Crippen LogP contribution >= 0.6 is 7.14 Å². The van der Waals surface area contributed by atoms with Gasteiger partial charge in [-0.25, -0.2) is 5.84 Å². The van der Waals surface area contributed by atoms with E-state index in [1.807, 2.05) is 42.5 Å². The number of carbonyl (C=O) groups excluding carboxylic acids is 1. The summed E-state index contributed by atoms with van der Waals surface area (Å²) in [6.45, 7) is 0. The second kappa shape index (κ2) is 9.61. The van der Waals surface area contributed by atoms with Gasteiger partial charge < -0.3 is 14.0 Å². The first-order valence-corrected chi connectivity index (χ1v) is 11.2. The summed E-state index contributed by atoms with van der Waals surface area (Å²) < 4.78 is 25.3. The molecule has 0 radical (unpaired) electrons. The summed E-state index contributed by atoms with van der Waals surface area (Å²) in [6, 6.07) is 23.5. The van der Waals surface area contributed by atoms with Crippen molar-refractivity contribution in [2.75, 3.05) is 14.2 Å². The molecule has 0 saturated heterocycles. The van der Waals surface area contributed by atoms with Crippen LogP contribution in [-0.4, -0.2) is 25.8 Å². The first-order valence-electron chi connectivity index (χ1n) is 9.47. The van der Waals surface area contributed by atoms with Crippen LogP contribution in [0.3, 0.4) is 0 Å². The van der Waals surface area contributed by atoms with Crippen molar-refractivity contribution in [3.63, 3.8) is 0 Å². The molecule has 0 fully saturated rings. The quantitative estimate of drug-likeness (QED) is 0.251. The predicted molar refractivity (Wildman–Crippen MR) is 119 cm³/mol. The largest absolute Gasteiger partial charge is 0.493 e. The molecule has 0 heterocycles. The monoisotopic (exact) mass is 424 g/mol. The molecular weight excluding hydrogens is 399 g/mol. The van der Waals surface area contributed by atoms with Crippen LogP contribution in [0.1, 0.15) is 5.56 Å². The minimum Gasteiger partial charge on any atom is -0.493 e. The normalized spacial score (nSPS) is 12.1. The molecule has 1 amide bonds. The van der Waals surface area contributed by atoms with Crippen LogP contribution in [0.4, 0.5) is 0 Å². The number of rotatable bonds is 8. The SMILES string of the molecule is COc1ccc(C[C@@H](C(=O)NN)P(=O)(c2ccccc2)c2ccccc2)cc1OC. The number of ether oxygens (including phenoxy) is 2. The second-order valence-corrected chi connectivity index (χ2v) is 9.72. The lowest BCUT2D eigenvalue weighted by molar-refractivity contribution is -0.120. The van der Waals surface area contributed by atoms with Gasteiger partial charge in [0.2, 0.25) is 5.91 Å². The van der Waals surface area contributed by atoms with Crippen molar-refractivity contribution >= 4 is 23.7 Å². The van der Waals surface area contributed by atoms with E-state index in [1.165, 1.54) is 0 Å². The van der Waals surface area contributed by atoms with Gasteiger partial charge in [-0.1, -0.05) is 66.7 Å². The summed E-state index contributed by atoms with van der Waals surface area (Å²) in [7, 11) is -0.276. The minimum absolute atomic E-state index is 0.213. The number of hydrogen-bond donors (Lipinski definition) is 2. The number of nitrogens with one attached hydrogen (secondary N) is 1. The number of methoxy groups -OCH3 is 2. The molecular formula is C23H25N2O4P. The molecule has 3 rings (SSSR count). The summed E-state index contributed by atoms with van der Waals surface area (Å²) in [5, 5.41) is 1.20. The number of amides is 1. The molecule has 3 N–H and O–H groups in total. The van der Waals surface area contributed by atoms with E-state index < -0.39 is 18.7 Å². The zero-order chi connectivity index (χ0) is 21.6. The van der Waals surface area contributed by atoms with Gasteiger partial charge in [0.1, 0.15) is 5.66 Å². The van der Waals surface area contributed by atoms with Gasteiger partial charge in [-0.2, -0.15) is 0 Å². The molecule has 0 aromatic heterocycles. The molecule has 0 aliphatic rings. The highest BCUT2D eigenvalue weighted by Crippen LogP contribution is 2.50. The standard InChI is InChI=1S/C23H25N2O4P/c1-28-20-14-13-17(15-21(20)29-2)16-22(23(26)25-24)30(27,18-9-5-3-6-10-18)19-11-7-4-8-12-19/h3-15,22H,16,24H2,1-2H3,(H,25,26)/t22-/m0/s1. The van der Waals surface area contributed by atoms with E-state index in [0.717, 1.165) is 5.56 Å². The molecule has 0 saturated carbocycles. The molecule has 0 unspecified atom stereocenters. The van der Waals surface area contributed by atoms with E-state index in [2.05, 4.69) is 5.43 Å². The topological polar surface area (TPSA) is 90.6 Å². The number of nitrogens with two attached hydrogens (primary N) is 1. The van der Waals surface area contributed by atoms with E-state index in [0.29, 0.717) is 22.1 Å². The minimum atomic E-state index is -3.38. The highest BCUT2D eigenvalue weighted by molar-refractivity contribution is 7.80. The summed E-state index contributed by atoms with van der Waals surface area (Å²) >= 11 is 0. The Balaban J connectivity index is 2.14. The summed E-state index contributed by atoms with van der Waals surface area (Å²) in [6.07, 6.45) is 0.213. The van der Waals surface area contributed by atoms with Crippen LogP contribution in [0, 0.1) is 0 Å². The Bertz CT molecular complexity index is 998. The average molecular weight is 424 g/mol. The maximum Gasteiger partial charge on any atom is 0.245 e. The Morgan fingerprint density at radius 1 is 0.900 bits per heavy atom. The predicted octanol–water partition coefficient (Wildman–Crippen LogP) is 2.62. The fourth-order valence-electron chi connectivity index (χ4n) is 3.52. The highest BCUT2D eigenvalue weighted by Gasteiger charge is 2.41. The molecule has 6 nitrogen and oxygen atoms in total. The third-order valence-corrected chi connectivity index (χ3v) is 8.47. The highest BCUT2D eigenvalue weighted by atomic mass is 31.2. The molecule has 0 aliphatic heterocycles. The molecule has 3 aromatic carbocycles. The van der Waals surface area contributed by atoms with Crippen molar-refractivity contribution in [3.05, 3.63) is 84.4 Å². The molecule has 1 atom stereocenters. The summed E-state index contributed by atoms with van der Waals surface area (Å²) in [5.74, 6) is 6.15. The molecule has 0 bridgehead atoms. The number of hydrogen-bond acceptors (Lipinski definition) is 5. The maximum absolute atomic E-state index is 14.6. The van der Waals surface area contributed by atoms with Gasteiger partial charge >= 0.3 is 0 Å². The molecule has 0 aliphatic carbocycles. The first kappa shape index (κ1) is 21.6. The van der Waals surface area contributed by atoms with Crippen molar-refractivity contribution < 1.29 is 18.8 Å². The lowest BCUT2D eigenvalue weighted by Gasteiger charge is -2.28. The smallest absolute Gasteiger partial charge is 0.245 e. The second-order valence-electron chi connectivity index (χ2n) is 6.75. The zero-order valence-electron chi connectivity index (χ0n) is 16.9. The third-order valence-electron chi connectivity index (χ3n) is 5.04. The molecule has 30 heavy (non-hydrogen) atoms. The van der Waals surface area contributed by atoms with E-state index in [1.54, 1.807) is 50.6 Å². The van der Waals surface area contributed by atoms with E-state index >= 15 is 0 Å². The van der Waals surface area contributed by atoms with Crippen LogP contribution in [0.5, 0.6) is 11.5 Å².